The van der Waals surface area contributed by atoms with Gasteiger partial charge in [0.25, 0.3) is 0 Å². The Morgan fingerprint density at radius 2 is 0.794 bits per heavy atom. The Bertz CT molecular complexity index is 1510. The predicted octanol–water partition coefficient (Wildman–Crippen LogP) is 14.9. The minimum absolute atomic E-state index is 0.0379. The van der Waals surface area contributed by atoms with Gasteiger partial charge in [0.15, 0.2) is 6.10 Å². The first kappa shape index (κ1) is 64.4. The molecular weight excluding hydrogens is 880 g/mol. The fourth-order valence-corrected chi connectivity index (χ4v) is 7.34. The fraction of sp³-hybridized carbons (Fsp3) is 0.661. The average Bonchev–Trinajstić information content (AvgIpc) is 3.32. The molecule has 0 aromatic heterocycles. The molecule has 0 bridgehead atoms. The van der Waals surface area contributed by atoms with E-state index in [1.165, 1.54) is 25.7 Å². The number of hydrogen-bond donors (Lipinski definition) is 2. The van der Waals surface area contributed by atoms with Gasteiger partial charge >= 0.3 is 25.7 Å². The highest BCUT2D eigenvalue weighted by atomic mass is 31.2. The Labute approximate surface area is 412 Å². The number of ether oxygens (including phenoxy) is 3. The molecule has 0 aliphatic rings. The lowest BCUT2D eigenvalue weighted by Gasteiger charge is -2.21. The minimum atomic E-state index is -4.77. The van der Waals surface area contributed by atoms with Crippen molar-refractivity contribution in [3.05, 3.63) is 97.2 Å². The molecule has 0 heterocycles. The van der Waals surface area contributed by atoms with Gasteiger partial charge in [-0.15, -0.1) is 0 Å². The highest BCUT2D eigenvalue weighted by Crippen LogP contribution is 2.43. The van der Waals surface area contributed by atoms with E-state index in [9.17, 15) is 28.9 Å². The predicted molar refractivity (Wildman–Crippen MR) is 279 cm³/mol. The third-order valence-corrected chi connectivity index (χ3v) is 11.4. The van der Waals surface area contributed by atoms with Crippen LogP contribution in [0.1, 0.15) is 201 Å². The number of aliphatic hydroxyl groups excluding tert-OH is 1. The number of unbranched alkanes of at least 4 members (excludes halogenated alkanes) is 14. The second kappa shape index (κ2) is 49.8. The average molecular weight is 973 g/mol. The Balaban J connectivity index is 4.85. The summed E-state index contributed by atoms with van der Waals surface area (Å²) in [6, 6.07) is 0. The van der Waals surface area contributed by atoms with Gasteiger partial charge < -0.3 is 24.2 Å². The molecule has 0 rings (SSSR count). The summed E-state index contributed by atoms with van der Waals surface area (Å²) < 4.78 is 39.2. The summed E-state index contributed by atoms with van der Waals surface area (Å²) in [6.45, 7) is 4.26. The van der Waals surface area contributed by atoms with Crippen molar-refractivity contribution in [2.24, 2.45) is 0 Å². The summed E-state index contributed by atoms with van der Waals surface area (Å²) in [6.07, 6.45) is 56.8. The van der Waals surface area contributed by atoms with Crippen molar-refractivity contribution in [2.45, 2.75) is 213 Å². The van der Waals surface area contributed by atoms with E-state index in [1.54, 1.807) is 0 Å². The molecule has 0 aliphatic carbocycles. The smallest absolute Gasteiger partial charge is 0.462 e. The molecular formula is C56H93O11P. The normalized spacial score (nSPS) is 14.2. The minimum Gasteiger partial charge on any atom is -0.462 e. The van der Waals surface area contributed by atoms with Crippen molar-refractivity contribution in [3.63, 3.8) is 0 Å². The van der Waals surface area contributed by atoms with E-state index in [4.69, 9.17) is 23.3 Å². The van der Waals surface area contributed by atoms with E-state index in [2.05, 4.69) is 106 Å². The number of carbonyl (C=O) groups excluding carboxylic acids is 3. The van der Waals surface area contributed by atoms with E-state index in [-0.39, 0.29) is 25.9 Å². The Kier molecular flexibility index (Phi) is 47.2. The molecule has 0 aromatic carbocycles. The second-order valence-electron chi connectivity index (χ2n) is 16.9. The van der Waals surface area contributed by atoms with E-state index >= 15 is 0 Å². The maximum Gasteiger partial charge on any atom is 0.472 e. The molecule has 0 aliphatic heterocycles. The summed E-state index contributed by atoms with van der Waals surface area (Å²) in [5.41, 5.74) is 0. The van der Waals surface area contributed by atoms with Gasteiger partial charge in [-0.25, -0.2) is 4.57 Å². The molecule has 68 heavy (non-hydrogen) atoms. The molecule has 2 N–H and O–H groups in total. The van der Waals surface area contributed by atoms with Crippen LogP contribution in [0, 0.1) is 0 Å². The number of carbonyl (C=O) groups is 3. The number of phosphoric ester groups is 1. The zero-order valence-electron chi connectivity index (χ0n) is 42.5. The van der Waals surface area contributed by atoms with E-state index in [0.29, 0.717) is 19.3 Å². The van der Waals surface area contributed by atoms with Crippen LogP contribution in [0.2, 0.25) is 0 Å². The molecule has 0 saturated heterocycles. The highest BCUT2D eigenvalue weighted by molar-refractivity contribution is 7.47. The van der Waals surface area contributed by atoms with E-state index in [1.807, 2.05) is 12.2 Å². The standard InChI is InChI=1S/C56H93O11P/c1-4-7-10-13-16-19-22-25-26-29-30-33-36-39-42-45-54(58)63-49-53(67-56(60)47-44-41-38-35-32-28-24-21-18-15-12-9-6-3)51-65-68(61,62)64-50-52(48-57)66-55(59)46-43-40-37-34-31-27-23-20-17-14-11-8-5-2/h7,9-10,12,16,18-21,23,25-26,28,32,38,41,52-53,57H,4-6,8,11,13-15,17,22,24,27,29-31,33-37,39-40,42-51H2,1-3H3,(H,61,62)/b10-7-,12-9-,19-16-,21-18-,23-20-,26-25-,32-28-,41-38-. The first-order valence-corrected chi connectivity index (χ1v) is 27.6. The topological polar surface area (TPSA) is 155 Å². The lowest BCUT2D eigenvalue weighted by molar-refractivity contribution is -0.161. The second-order valence-corrected chi connectivity index (χ2v) is 18.4. The number of phosphoric acid groups is 1. The van der Waals surface area contributed by atoms with Gasteiger partial charge in [-0.3, -0.25) is 23.4 Å². The van der Waals surface area contributed by atoms with Gasteiger partial charge in [0.05, 0.1) is 19.8 Å². The van der Waals surface area contributed by atoms with Crippen LogP contribution in [-0.4, -0.2) is 66.5 Å². The van der Waals surface area contributed by atoms with E-state index < -0.39 is 57.8 Å². The van der Waals surface area contributed by atoms with Crippen LogP contribution in [0.3, 0.4) is 0 Å². The van der Waals surface area contributed by atoms with Crippen LogP contribution in [-0.2, 0) is 42.2 Å². The maximum absolute atomic E-state index is 12.8. The molecule has 3 unspecified atom stereocenters. The van der Waals surface area contributed by atoms with Crippen LogP contribution >= 0.6 is 7.82 Å². The molecule has 388 valence electrons. The highest BCUT2D eigenvalue weighted by Gasteiger charge is 2.28. The summed E-state index contributed by atoms with van der Waals surface area (Å²) in [5, 5.41) is 9.77. The molecule has 0 saturated carbocycles. The molecule has 0 aromatic rings. The summed E-state index contributed by atoms with van der Waals surface area (Å²) in [5.74, 6) is -1.60. The molecule has 0 spiro atoms. The van der Waals surface area contributed by atoms with Crippen molar-refractivity contribution >= 4 is 25.7 Å². The largest absolute Gasteiger partial charge is 0.472 e. The van der Waals surface area contributed by atoms with Crippen LogP contribution in [0.4, 0.5) is 0 Å². The first-order valence-electron chi connectivity index (χ1n) is 26.1. The first-order chi connectivity index (χ1) is 33.2. The van der Waals surface area contributed by atoms with Crippen LogP contribution in [0.25, 0.3) is 0 Å². The summed E-state index contributed by atoms with van der Waals surface area (Å²) >= 11 is 0. The molecule has 0 radical (unpaired) electrons. The fourth-order valence-electron chi connectivity index (χ4n) is 6.55. The molecule has 11 nitrogen and oxygen atoms in total. The quantitative estimate of drug-likeness (QED) is 0.0197. The summed E-state index contributed by atoms with van der Waals surface area (Å²) in [7, 11) is -4.77. The van der Waals surface area contributed by atoms with Gasteiger partial charge in [-0.1, -0.05) is 176 Å². The zero-order chi connectivity index (χ0) is 49.9. The molecule has 0 amide bonds. The van der Waals surface area contributed by atoms with Crippen LogP contribution < -0.4 is 0 Å². The van der Waals surface area contributed by atoms with Crippen molar-refractivity contribution < 1.29 is 52.2 Å². The number of hydrogen-bond acceptors (Lipinski definition) is 10. The van der Waals surface area contributed by atoms with Crippen molar-refractivity contribution in [2.75, 3.05) is 26.4 Å². The third kappa shape index (κ3) is 47.5. The number of esters is 3. The number of allylic oxidation sites excluding steroid dienone is 16. The van der Waals surface area contributed by atoms with Crippen molar-refractivity contribution in [1.29, 1.82) is 0 Å². The van der Waals surface area contributed by atoms with Crippen LogP contribution in [0.15, 0.2) is 97.2 Å². The van der Waals surface area contributed by atoms with Crippen molar-refractivity contribution in [3.8, 4) is 0 Å². The maximum atomic E-state index is 12.8. The van der Waals surface area contributed by atoms with Gasteiger partial charge in [0, 0.05) is 19.3 Å². The molecule has 0 fully saturated rings. The zero-order valence-corrected chi connectivity index (χ0v) is 43.4. The Morgan fingerprint density at radius 3 is 1.28 bits per heavy atom. The SMILES string of the molecule is CC/C=C\C/C=C\C/C=C\C/C=C\CCC(=O)OC(COC(=O)CCCCCCC/C=C\C/C=C\C/C=C\CC)COP(=O)(O)OCC(CO)OC(=O)CCCCCCC/C=C\CCCCCC. The molecule has 3 atom stereocenters. The van der Waals surface area contributed by atoms with Gasteiger partial charge in [0.2, 0.25) is 0 Å². The number of aliphatic hydroxyl groups is 1. The van der Waals surface area contributed by atoms with Gasteiger partial charge in [0.1, 0.15) is 12.7 Å². The monoisotopic (exact) mass is 973 g/mol. The van der Waals surface area contributed by atoms with E-state index in [0.717, 1.165) is 116 Å². The Morgan fingerprint density at radius 1 is 0.426 bits per heavy atom. The lowest BCUT2D eigenvalue weighted by Crippen LogP contribution is -2.30. The van der Waals surface area contributed by atoms with Crippen molar-refractivity contribution in [1.82, 2.24) is 0 Å². The lowest BCUT2D eigenvalue weighted by atomic mass is 10.1. The third-order valence-electron chi connectivity index (χ3n) is 10.5. The number of rotatable bonds is 47. The molecule has 12 heteroatoms. The summed E-state index contributed by atoms with van der Waals surface area (Å²) in [4.78, 5) is 48.3. The van der Waals surface area contributed by atoms with Gasteiger partial charge in [-0.05, 0) is 103 Å². The Hall–Kier alpha value is -3.60. The van der Waals surface area contributed by atoms with Gasteiger partial charge in [-0.2, -0.15) is 0 Å². The van der Waals surface area contributed by atoms with Crippen LogP contribution in [0.5, 0.6) is 0 Å².